The number of carboxylic acid groups (broad SMARTS) is 1. The zero-order valence-corrected chi connectivity index (χ0v) is 63.1. The highest BCUT2D eigenvalue weighted by Gasteiger charge is 2.34. The number of aliphatic carboxylic acids is 1. The summed E-state index contributed by atoms with van der Waals surface area (Å²) >= 11 is 1.19. The van der Waals surface area contributed by atoms with Crippen LogP contribution in [0.5, 0.6) is 0 Å². The molecule has 6 amide bonds. The number of nitrogens with two attached hydrogens (primary N) is 4. The number of thioether (sulfide) groups is 1. The number of esters is 2. The first-order valence-corrected chi connectivity index (χ1v) is 40.6. The Labute approximate surface area is 602 Å². The van der Waals surface area contributed by atoms with Gasteiger partial charge in [0.1, 0.15) is 49.0 Å². The Morgan fingerprint density at radius 2 is 0.626 bits per heavy atom. The van der Waals surface area contributed by atoms with Crippen molar-refractivity contribution in [1.29, 1.82) is 0 Å². The molecule has 0 aliphatic heterocycles. The van der Waals surface area contributed by atoms with Crippen LogP contribution in [-0.4, -0.2) is 157 Å². The fourth-order valence-corrected chi connectivity index (χ4v) is 12.8. The van der Waals surface area contributed by atoms with Crippen LogP contribution in [0.15, 0.2) is 0 Å². The number of hydrogen-bond acceptors (Lipinski definition) is 17. The molecule has 0 aliphatic carbocycles. The van der Waals surface area contributed by atoms with E-state index in [9.17, 15) is 53.4 Å². The van der Waals surface area contributed by atoms with E-state index < -0.39 is 96.3 Å². The van der Waals surface area contributed by atoms with Crippen LogP contribution in [0.3, 0.4) is 0 Å². The van der Waals surface area contributed by atoms with Gasteiger partial charge in [-0.1, -0.05) is 213 Å². The van der Waals surface area contributed by atoms with Crippen LogP contribution in [0.1, 0.15) is 329 Å². The number of ether oxygens (including phenoxy) is 2. The van der Waals surface area contributed by atoms with Gasteiger partial charge in [-0.15, -0.1) is 0 Å². The van der Waals surface area contributed by atoms with Crippen molar-refractivity contribution in [1.82, 2.24) is 31.9 Å². The second-order valence-corrected chi connectivity index (χ2v) is 28.3. The van der Waals surface area contributed by atoms with Crippen LogP contribution in [0, 0.1) is 0 Å². The van der Waals surface area contributed by atoms with E-state index in [-0.39, 0.29) is 82.1 Å². The lowest BCUT2D eigenvalue weighted by Gasteiger charge is -2.27. The van der Waals surface area contributed by atoms with Crippen LogP contribution in [0.2, 0.25) is 0 Å². The monoisotopic (exact) mass is 1430 g/mol. The number of carboxylic acids is 1. The van der Waals surface area contributed by atoms with Gasteiger partial charge in [0.05, 0.1) is 6.61 Å². The van der Waals surface area contributed by atoms with Crippen molar-refractivity contribution in [2.75, 3.05) is 50.9 Å². The lowest BCUT2D eigenvalue weighted by atomic mass is 10.0. The zero-order chi connectivity index (χ0) is 73.2. The SMILES string of the molecule is CCCCCCCCCCCCCCCC(=O)OCC(CSC[C@@H](NC(=O)CCCCCCCCC)C(=O)N[C@@H](CO)C(=O)N[C@@H](CCCCN)C(=O)N[C@@H](CCCCN)C(=O)N[C@@H](CCCCN)C(=O)N[C@@H](CCCCN)C(=O)O)OC(=O)CCCCCCCCCCCCCCC. The number of carbonyl (C=O) groups excluding carboxylic acids is 8. The molecule has 0 aromatic rings. The number of aliphatic hydroxyl groups is 1. The third-order valence-corrected chi connectivity index (χ3v) is 19.2. The normalized spacial score (nSPS) is 13.5. The fraction of sp³-hybridized carbons (Fsp3) is 0.880. The number of unbranched alkanes of at least 4 members (excludes halogenated alkanes) is 34. The molecule has 0 saturated heterocycles. The molecule has 0 fully saturated rings. The third-order valence-electron chi connectivity index (χ3n) is 18.1. The molecule has 0 aromatic carbocycles. The summed E-state index contributed by atoms with van der Waals surface area (Å²) in [6, 6.07) is -7.85. The van der Waals surface area contributed by atoms with Gasteiger partial charge in [-0.3, -0.25) is 38.4 Å². The highest BCUT2D eigenvalue weighted by molar-refractivity contribution is 7.99. The molecule has 0 saturated carbocycles. The molecule has 0 radical (unpaired) electrons. The average Bonchev–Trinajstić information content (AvgIpc) is 0.891. The van der Waals surface area contributed by atoms with E-state index in [1.807, 2.05) is 0 Å². The molecule has 0 aromatic heterocycles. The summed E-state index contributed by atoms with van der Waals surface area (Å²) in [5.41, 5.74) is 23.0. The van der Waals surface area contributed by atoms with Gasteiger partial charge < -0.3 is 74.5 Å². The molecule has 1 unspecified atom stereocenters. The molecular weight excluding hydrogens is 1280 g/mol. The maximum absolute atomic E-state index is 14.4. The Morgan fingerprint density at radius 1 is 0.333 bits per heavy atom. The van der Waals surface area contributed by atoms with E-state index in [0.717, 1.165) is 77.0 Å². The topological polar surface area (TPSA) is 389 Å². The molecule has 0 heterocycles. The van der Waals surface area contributed by atoms with Gasteiger partial charge >= 0.3 is 17.9 Å². The molecule has 0 spiro atoms. The summed E-state index contributed by atoms with van der Waals surface area (Å²) in [7, 11) is 0. The fourth-order valence-electron chi connectivity index (χ4n) is 11.8. The van der Waals surface area contributed by atoms with E-state index >= 15 is 0 Å². The molecular formula is C75H144N10O13S. The van der Waals surface area contributed by atoms with Crippen LogP contribution >= 0.6 is 11.8 Å². The summed E-state index contributed by atoms with van der Waals surface area (Å²) in [5, 5.41) is 36.7. The summed E-state index contributed by atoms with van der Waals surface area (Å²) in [6.45, 7) is 6.72. The summed E-state index contributed by atoms with van der Waals surface area (Å²) < 4.78 is 11.7. The number of rotatable bonds is 72. The van der Waals surface area contributed by atoms with Crippen molar-refractivity contribution < 1.29 is 62.8 Å². The van der Waals surface area contributed by atoms with Crippen molar-refractivity contribution in [2.45, 2.75) is 371 Å². The van der Waals surface area contributed by atoms with Gasteiger partial charge in [0, 0.05) is 30.8 Å². The van der Waals surface area contributed by atoms with Crippen LogP contribution in [0.4, 0.5) is 0 Å². The molecule has 0 bridgehead atoms. The van der Waals surface area contributed by atoms with Crippen LogP contribution in [-0.2, 0) is 52.6 Å². The van der Waals surface area contributed by atoms with Crippen molar-refractivity contribution >= 4 is 65.1 Å². The van der Waals surface area contributed by atoms with Crippen molar-refractivity contribution in [3.8, 4) is 0 Å². The Morgan fingerprint density at radius 3 is 0.970 bits per heavy atom. The Hall–Kier alpha value is -4.62. The second kappa shape index (κ2) is 67.8. The highest BCUT2D eigenvalue weighted by atomic mass is 32.2. The smallest absolute Gasteiger partial charge is 0.326 e. The van der Waals surface area contributed by atoms with E-state index in [2.05, 4.69) is 52.7 Å². The maximum atomic E-state index is 14.4. The Balaban J connectivity index is 6.53. The number of hydrogen-bond donors (Lipinski definition) is 12. The minimum Gasteiger partial charge on any atom is -0.480 e. The number of nitrogens with one attached hydrogen (secondary N) is 6. The predicted molar refractivity (Wildman–Crippen MR) is 399 cm³/mol. The first kappa shape index (κ1) is 94.4. The largest absolute Gasteiger partial charge is 0.480 e. The lowest BCUT2D eigenvalue weighted by molar-refractivity contribution is -0.157. The average molecular weight is 1430 g/mol. The molecule has 99 heavy (non-hydrogen) atoms. The second-order valence-electron chi connectivity index (χ2n) is 27.3. The van der Waals surface area contributed by atoms with Crippen molar-refractivity contribution in [3.05, 3.63) is 0 Å². The summed E-state index contributed by atoms with van der Waals surface area (Å²) in [5.74, 6) is -6.38. The quantitative estimate of drug-likeness (QED) is 0.0199. The molecule has 24 heteroatoms. The van der Waals surface area contributed by atoms with E-state index in [1.165, 1.54) is 127 Å². The van der Waals surface area contributed by atoms with Gasteiger partial charge in [0.25, 0.3) is 0 Å². The zero-order valence-electron chi connectivity index (χ0n) is 62.2. The van der Waals surface area contributed by atoms with E-state index in [4.69, 9.17) is 32.4 Å². The first-order valence-electron chi connectivity index (χ1n) is 39.4. The van der Waals surface area contributed by atoms with Gasteiger partial charge in [-0.2, -0.15) is 11.8 Å². The lowest BCUT2D eigenvalue weighted by Crippen LogP contribution is -2.60. The molecule has 23 nitrogen and oxygen atoms in total. The first-order chi connectivity index (χ1) is 48.0. The van der Waals surface area contributed by atoms with Crippen LogP contribution < -0.4 is 54.8 Å². The van der Waals surface area contributed by atoms with E-state index in [0.29, 0.717) is 83.7 Å². The van der Waals surface area contributed by atoms with Gasteiger partial charge in [0.2, 0.25) is 35.4 Å². The van der Waals surface area contributed by atoms with Gasteiger partial charge in [-0.25, -0.2) is 4.79 Å². The summed E-state index contributed by atoms with van der Waals surface area (Å²) in [4.78, 5) is 123. The maximum Gasteiger partial charge on any atom is 0.326 e. The van der Waals surface area contributed by atoms with Crippen molar-refractivity contribution in [3.63, 3.8) is 0 Å². The minimum atomic E-state index is -1.62. The van der Waals surface area contributed by atoms with E-state index in [1.54, 1.807) is 0 Å². The summed E-state index contributed by atoms with van der Waals surface area (Å²) in [6.07, 6.45) is 40.8. The molecule has 16 N–H and O–H groups in total. The standard InChI is InChI=1S/C75H144N10O13S/c1-4-7-10-13-16-18-20-22-24-26-29-32-35-50-68(88)97-57-60(98-69(89)51-36-33-30-27-25-23-21-19-17-14-11-8-5-2)58-99-59-66(80-67(87)49-34-31-28-15-12-9-6-3)74(94)85-65(56-86)73(93)83-62(46-38-42-53-77)71(91)81-61(45-37-41-52-76)70(90)82-63(47-39-43-54-78)72(92)84-64(75(95)96)48-40-44-55-79/h60-66,86H,4-59,76-79H2,1-3H3,(H,80,87)(H,81,91)(H,82,90)(H,83,93)(H,84,92)(H,85,94)(H,95,96)/t60?,61-,62-,63-,64-,65-,66+/m0/s1. The Kier molecular flexibility index (Phi) is 64.7. The molecule has 0 aliphatic rings. The minimum absolute atomic E-state index is 0.0384. The number of amides is 6. The van der Waals surface area contributed by atoms with Gasteiger partial charge in [-0.05, 0) is 122 Å². The number of aliphatic hydroxyl groups excluding tert-OH is 1. The molecule has 7 atom stereocenters. The van der Waals surface area contributed by atoms with Crippen molar-refractivity contribution in [2.24, 2.45) is 22.9 Å². The van der Waals surface area contributed by atoms with Gasteiger partial charge in [0.15, 0.2) is 0 Å². The number of carbonyl (C=O) groups is 9. The molecule has 0 rings (SSSR count). The third kappa shape index (κ3) is 54.7. The Bertz CT molecular complexity index is 2070. The molecule has 578 valence electrons. The van der Waals surface area contributed by atoms with Crippen LogP contribution in [0.25, 0.3) is 0 Å². The highest BCUT2D eigenvalue weighted by Crippen LogP contribution is 2.19. The predicted octanol–water partition coefficient (Wildman–Crippen LogP) is 10.8.